The summed E-state index contributed by atoms with van der Waals surface area (Å²) in [6.45, 7) is 13.6. The van der Waals surface area contributed by atoms with E-state index in [0.717, 1.165) is 0 Å². The lowest BCUT2D eigenvalue weighted by Gasteiger charge is -2.34. The Bertz CT molecular complexity index is 55.0. The molecule has 0 aromatic heterocycles. The monoisotopic (exact) mass is 114 g/mol. The van der Waals surface area contributed by atoms with Crippen LogP contribution < -0.4 is 0 Å². The molecule has 0 N–H and O–H groups in total. The molecule has 50 valence electrons. The van der Waals surface area contributed by atoms with Crippen molar-refractivity contribution in [1.82, 2.24) is 0 Å². The lowest BCUT2D eigenvalue weighted by atomic mass is 9.71. The highest BCUT2D eigenvalue weighted by Crippen LogP contribution is 2.36. The fraction of sp³-hybridized carbons (Fsp3) is 1.00. The molecule has 0 unspecified atom stereocenters. The first-order valence-corrected chi connectivity index (χ1v) is 3.25. The molecule has 0 aliphatic carbocycles. The second-order valence-electron chi connectivity index (χ2n) is 4.50. The van der Waals surface area contributed by atoms with Crippen LogP contribution in [0.25, 0.3) is 0 Å². The third-order valence-electron chi connectivity index (χ3n) is 2.25. The van der Waals surface area contributed by atoms with Crippen LogP contribution in [0.2, 0.25) is 0 Å². The zero-order valence-corrected chi connectivity index (χ0v) is 7.00. The molecule has 0 atom stereocenters. The van der Waals surface area contributed by atoms with Gasteiger partial charge >= 0.3 is 0 Å². The van der Waals surface area contributed by atoms with Gasteiger partial charge in [0, 0.05) is 0 Å². The molecule has 0 aliphatic heterocycles. The highest BCUT2D eigenvalue weighted by atomic mass is 14.3. The lowest BCUT2D eigenvalue weighted by molar-refractivity contribution is 0.157. The van der Waals surface area contributed by atoms with E-state index in [1.165, 1.54) is 0 Å². The number of hydrogen-bond donors (Lipinski definition) is 0. The van der Waals surface area contributed by atoms with Crippen LogP contribution in [0.15, 0.2) is 0 Å². The first-order chi connectivity index (χ1) is 3.25. The predicted molar refractivity (Wildman–Crippen MR) is 38.9 cm³/mol. The summed E-state index contributed by atoms with van der Waals surface area (Å²) in [6, 6.07) is 0. The average Bonchev–Trinajstić information content (AvgIpc) is 1.25. The molecule has 0 aromatic carbocycles. The molecule has 0 rings (SSSR count). The van der Waals surface area contributed by atoms with Crippen molar-refractivity contribution in [1.29, 1.82) is 0 Å². The van der Waals surface area contributed by atoms with Crippen molar-refractivity contribution in [2.45, 2.75) is 41.5 Å². The van der Waals surface area contributed by atoms with Gasteiger partial charge in [-0.1, -0.05) is 41.5 Å². The van der Waals surface area contributed by atoms with E-state index in [1.54, 1.807) is 0 Å². The molecular formula is C8H18. The van der Waals surface area contributed by atoms with E-state index in [2.05, 4.69) is 41.5 Å². The number of rotatable bonds is 0. The third kappa shape index (κ3) is 1.85. The Morgan fingerprint density at radius 3 is 0.625 bits per heavy atom. The average molecular weight is 114 g/mol. The van der Waals surface area contributed by atoms with Crippen LogP contribution in [0.4, 0.5) is 0 Å². The highest BCUT2D eigenvalue weighted by Gasteiger charge is 2.26. The third-order valence-corrected chi connectivity index (χ3v) is 2.25. The molecule has 0 heteroatoms. The normalized spacial score (nSPS) is 14.2. The molecule has 0 amide bonds. The SMILES string of the molecule is CC(C)(C)C(C)(C)C. The van der Waals surface area contributed by atoms with Gasteiger partial charge in [0.15, 0.2) is 0 Å². The van der Waals surface area contributed by atoms with Crippen molar-refractivity contribution in [2.75, 3.05) is 0 Å². The molecule has 0 spiro atoms. The Morgan fingerprint density at radius 1 is 0.500 bits per heavy atom. The summed E-state index contributed by atoms with van der Waals surface area (Å²) in [5, 5.41) is 0. The Labute approximate surface area is 53.3 Å². The summed E-state index contributed by atoms with van der Waals surface area (Å²) in [5.74, 6) is 0. The maximum atomic E-state index is 2.27. The quantitative estimate of drug-likeness (QED) is 0.454. The van der Waals surface area contributed by atoms with Gasteiger partial charge in [0.25, 0.3) is 0 Å². The van der Waals surface area contributed by atoms with Crippen molar-refractivity contribution in [2.24, 2.45) is 10.8 Å². The molecule has 0 heterocycles. The number of hydrogen-bond acceptors (Lipinski definition) is 0. The van der Waals surface area contributed by atoms with Gasteiger partial charge in [-0.2, -0.15) is 0 Å². The van der Waals surface area contributed by atoms with Crippen LogP contribution in [0, 0.1) is 10.8 Å². The summed E-state index contributed by atoms with van der Waals surface area (Å²) in [5.41, 5.74) is 0.875. The van der Waals surface area contributed by atoms with Crippen molar-refractivity contribution in [3.63, 3.8) is 0 Å². The van der Waals surface area contributed by atoms with Gasteiger partial charge in [-0.25, -0.2) is 0 Å². The van der Waals surface area contributed by atoms with Crippen LogP contribution in [-0.2, 0) is 0 Å². The van der Waals surface area contributed by atoms with E-state index in [-0.39, 0.29) is 0 Å². The molecule has 0 bridgehead atoms. The molecular weight excluding hydrogens is 96.1 g/mol. The fourth-order valence-corrected chi connectivity index (χ4v) is 0. The van der Waals surface area contributed by atoms with E-state index in [4.69, 9.17) is 0 Å². The first kappa shape index (κ1) is 8.00. The van der Waals surface area contributed by atoms with Crippen LogP contribution in [0.5, 0.6) is 0 Å². The Balaban J connectivity index is 4.02. The van der Waals surface area contributed by atoms with Crippen molar-refractivity contribution >= 4 is 0 Å². The lowest BCUT2D eigenvalue weighted by Crippen LogP contribution is -2.25. The van der Waals surface area contributed by atoms with Crippen LogP contribution in [0.1, 0.15) is 41.5 Å². The van der Waals surface area contributed by atoms with E-state index in [0.29, 0.717) is 10.8 Å². The first-order valence-electron chi connectivity index (χ1n) is 3.25. The minimum absolute atomic E-state index is 0.437. The van der Waals surface area contributed by atoms with Crippen LogP contribution >= 0.6 is 0 Å². The summed E-state index contributed by atoms with van der Waals surface area (Å²) >= 11 is 0. The Morgan fingerprint density at radius 2 is 0.625 bits per heavy atom. The van der Waals surface area contributed by atoms with E-state index in [9.17, 15) is 0 Å². The Hall–Kier alpha value is 0. The standard InChI is InChI=1S/C8H18/c1-7(2,3)8(4,5)6/h1-6H3. The van der Waals surface area contributed by atoms with Crippen molar-refractivity contribution < 1.29 is 0 Å². The minimum Gasteiger partial charge on any atom is -0.0597 e. The van der Waals surface area contributed by atoms with Gasteiger partial charge in [-0.15, -0.1) is 0 Å². The molecule has 0 aromatic rings. The van der Waals surface area contributed by atoms with Crippen molar-refractivity contribution in [3.8, 4) is 0 Å². The summed E-state index contributed by atoms with van der Waals surface area (Å²) in [6.07, 6.45) is 0. The largest absolute Gasteiger partial charge is 0.0597 e. The summed E-state index contributed by atoms with van der Waals surface area (Å²) in [7, 11) is 0. The molecule has 0 aliphatic rings. The highest BCUT2D eigenvalue weighted by molar-refractivity contribution is 4.76. The molecule has 8 heavy (non-hydrogen) atoms. The minimum atomic E-state index is 0.437. The smallest absolute Gasteiger partial charge is 0.0334 e. The molecule has 0 fully saturated rings. The molecule has 0 saturated carbocycles. The van der Waals surface area contributed by atoms with E-state index < -0.39 is 0 Å². The van der Waals surface area contributed by atoms with E-state index >= 15 is 0 Å². The molecule has 0 nitrogen and oxygen atoms in total. The van der Waals surface area contributed by atoms with Crippen LogP contribution in [-0.4, -0.2) is 0 Å². The van der Waals surface area contributed by atoms with Gasteiger partial charge in [-0.3, -0.25) is 0 Å². The van der Waals surface area contributed by atoms with Gasteiger partial charge in [0.05, 0.1) is 0 Å². The zero-order valence-electron chi connectivity index (χ0n) is 7.00. The molecule has 0 saturated heterocycles. The van der Waals surface area contributed by atoms with E-state index in [1.807, 2.05) is 0 Å². The van der Waals surface area contributed by atoms with Gasteiger partial charge in [0.1, 0.15) is 0 Å². The Kier molecular flexibility index (Phi) is 1.75. The summed E-state index contributed by atoms with van der Waals surface area (Å²) in [4.78, 5) is 0. The van der Waals surface area contributed by atoms with Gasteiger partial charge in [0.2, 0.25) is 0 Å². The predicted octanol–water partition coefficient (Wildman–Crippen LogP) is 3.08. The topological polar surface area (TPSA) is 0 Å². The second-order valence-corrected chi connectivity index (χ2v) is 4.50. The maximum Gasteiger partial charge on any atom is -0.0334 e. The van der Waals surface area contributed by atoms with Gasteiger partial charge in [-0.05, 0) is 10.8 Å². The van der Waals surface area contributed by atoms with Crippen molar-refractivity contribution in [3.05, 3.63) is 0 Å². The molecule has 0 radical (unpaired) electrons. The van der Waals surface area contributed by atoms with Crippen LogP contribution in [0.3, 0.4) is 0 Å². The summed E-state index contributed by atoms with van der Waals surface area (Å²) < 4.78 is 0. The van der Waals surface area contributed by atoms with Gasteiger partial charge < -0.3 is 0 Å². The zero-order chi connectivity index (χ0) is 7.00. The maximum absolute atomic E-state index is 2.27. The second kappa shape index (κ2) is 1.75. The fourth-order valence-electron chi connectivity index (χ4n) is 0.